The Balaban J connectivity index is 1.41. The van der Waals surface area contributed by atoms with E-state index >= 15 is 0 Å². The average Bonchev–Trinajstić information content (AvgIpc) is 3.39. The predicted octanol–water partition coefficient (Wildman–Crippen LogP) is 4.58. The Morgan fingerprint density at radius 2 is 2.07 bits per heavy atom. The van der Waals surface area contributed by atoms with Crippen LogP contribution in [-0.4, -0.2) is 40.7 Å². The van der Waals surface area contributed by atoms with Gasteiger partial charge < -0.3 is 14.2 Å². The molecule has 0 spiro atoms. The lowest BCUT2D eigenvalue weighted by molar-refractivity contribution is -0.192. The van der Waals surface area contributed by atoms with Crippen LogP contribution in [0.2, 0.25) is 10.0 Å². The van der Waals surface area contributed by atoms with Gasteiger partial charge in [-0.15, -0.1) is 0 Å². The lowest BCUT2D eigenvalue weighted by atomic mass is 10.1. The zero-order valence-corrected chi connectivity index (χ0v) is 17.7. The van der Waals surface area contributed by atoms with Gasteiger partial charge in [-0.2, -0.15) is 5.10 Å². The molecule has 2 unspecified atom stereocenters. The second kappa shape index (κ2) is 9.73. The van der Waals surface area contributed by atoms with Crippen LogP contribution < -0.4 is 0 Å². The van der Waals surface area contributed by atoms with Crippen LogP contribution in [0.15, 0.2) is 67.3 Å². The molecule has 0 radical (unpaired) electrons. The number of halogens is 2. The first kappa shape index (κ1) is 21.0. The van der Waals surface area contributed by atoms with Gasteiger partial charge in [-0.1, -0.05) is 71.8 Å². The molecule has 1 aliphatic heterocycles. The van der Waals surface area contributed by atoms with E-state index in [0.29, 0.717) is 42.0 Å². The molecule has 1 saturated heterocycles. The molecule has 6 nitrogen and oxygen atoms in total. The summed E-state index contributed by atoms with van der Waals surface area (Å²) in [5, 5.41) is 5.19. The summed E-state index contributed by atoms with van der Waals surface area (Å²) in [5.41, 5.74) is 1.82. The maximum absolute atomic E-state index is 6.46. The number of aromatic nitrogens is 3. The number of nitrogens with zero attached hydrogens (tertiary/aromatic N) is 3. The van der Waals surface area contributed by atoms with E-state index in [1.807, 2.05) is 48.6 Å². The Kier molecular flexibility index (Phi) is 6.82. The van der Waals surface area contributed by atoms with Crippen LogP contribution in [0.3, 0.4) is 0 Å². The molecule has 30 heavy (non-hydrogen) atoms. The maximum atomic E-state index is 6.46. The zero-order chi connectivity index (χ0) is 20.8. The van der Waals surface area contributed by atoms with Gasteiger partial charge in [0.1, 0.15) is 25.3 Å². The van der Waals surface area contributed by atoms with E-state index in [1.165, 1.54) is 6.33 Å². The Bertz CT molecular complexity index is 983. The van der Waals surface area contributed by atoms with Gasteiger partial charge in [0.05, 0.1) is 24.8 Å². The fourth-order valence-electron chi connectivity index (χ4n) is 3.30. The van der Waals surface area contributed by atoms with Crippen molar-refractivity contribution in [2.24, 2.45) is 0 Å². The van der Waals surface area contributed by atoms with E-state index in [9.17, 15) is 0 Å². The van der Waals surface area contributed by atoms with Gasteiger partial charge in [0, 0.05) is 10.6 Å². The molecule has 1 aliphatic rings. The highest BCUT2D eigenvalue weighted by molar-refractivity contribution is 6.35. The monoisotopic (exact) mass is 445 g/mol. The molecule has 0 amide bonds. The van der Waals surface area contributed by atoms with Gasteiger partial charge in [-0.3, -0.25) is 0 Å². The van der Waals surface area contributed by atoms with Crippen molar-refractivity contribution in [3.05, 3.63) is 88.4 Å². The molecule has 0 bridgehead atoms. The summed E-state index contributed by atoms with van der Waals surface area (Å²) in [6.07, 6.45) is 6.83. The first-order valence-corrected chi connectivity index (χ1v) is 10.3. The van der Waals surface area contributed by atoms with Crippen molar-refractivity contribution in [3.63, 3.8) is 0 Å². The average molecular weight is 446 g/mol. The fourth-order valence-corrected chi connectivity index (χ4v) is 3.85. The second-order valence-electron chi connectivity index (χ2n) is 6.87. The normalized spacial score (nSPS) is 21.5. The Morgan fingerprint density at radius 1 is 1.20 bits per heavy atom. The van der Waals surface area contributed by atoms with E-state index in [0.717, 1.165) is 5.56 Å². The predicted molar refractivity (Wildman–Crippen MR) is 115 cm³/mol. The summed E-state index contributed by atoms with van der Waals surface area (Å²) in [4.78, 5) is 3.99. The summed E-state index contributed by atoms with van der Waals surface area (Å²) >= 11 is 12.5. The SMILES string of the molecule is Clc1ccc(C2(Cn3cncn3)OCC(COC/C=C\c3ccccc3)O2)c(Cl)c1. The van der Waals surface area contributed by atoms with Crippen molar-refractivity contribution in [3.8, 4) is 0 Å². The lowest BCUT2D eigenvalue weighted by Gasteiger charge is -2.29. The van der Waals surface area contributed by atoms with Gasteiger partial charge in [0.2, 0.25) is 5.79 Å². The smallest absolute Gasteiger partial charge is 0.217 e. The zero-order valence-electron chi connectivity index (χ0n) is 16.2. The van der Waals surface area contributed by atoms with E-state index in [4.69, 9.17) is 37.4 Å². The molecule has 8 heteroatoms. The molecule has 3 aromatic rings. The summed E-state index contributed by atoms with van der Waals surface area (Å²) in [7, 11) is 0. The third kappa shape index (κ3) is 5.09. The highest BCUT2D eigenvalue weighted by Gasteiger charge is 2.45. The first-order valence-electron chi connectivity index (χ1n) is 9.54. The summed E-state index contributed by atoms with van der Waals surface area (Å²) in [6, 6.07) is 15.3. The number of hydrogen-bond acceptors (Lipinski definition) is 5. The fraction of sp³-hybridized carbons (Fsp3) is 0.273. The van der Waals surface area contributed by atoms with Gasteiger partial charge in [-0.25, -0.2) is 9.67 Å². The van der Waals surface area contributed by atoms with Gasteiger partial charge >= 0.3 is 0 Å². The molecule has 2 heterocycles. The summed E-state index contributed by atoms with van der Waals surface area (Å²) in [6.45, 7) is 1.55. The van der Waals surface area contributed by atoms with Crippen molar-refractivity contribution >= 4 is 29.3 Å². The Hall–Kier alpha value is -2.22. The summed E-state index contributed by atoms with van der Waals surface area (Å²) in [5.74, 6) is -1.09. The van der Waals surface area contributed by atoms with E-state index in [1.54, 1.807) is 23.1 Å². The molecule has 2 aromatic carbocycles. The number of benzene rings is 2. The van der Waals surface area contributed by atoms with Crippen molar-refractivity contribution in [1.29, 1.82) is 0 Å². The van der Waals surface area contributed by atoms with Gasteiger partial charge in [-0.05, 0) is 17.7 Å². The minimum absolute atomic E-state index is 0.245. The highest BCUT2D eigenvalue weighted by atomic mass is 35.5. The molecule has 1 aromatic heterocycles. The lowest BCUT2D eigenvalue weighted by Crippen LogP contribution is -2.34. The maximum Gasteiger partial charge on any atom is 0.217 e. The molecule has 1 fully saturated rings. The molecule has 2 atom stereocenters. The third-order valence-electron chi connectivity index (χ3n) is 4.67. The third-order valence-corrected chi connectivity index (χ3v) is 5.21. The molecular weight excluding hydrogens is 425 g/mol. The Morgan fingerprint density at radius 3 is 2.83 bits per heavy atom. The number of hydrogen-bond donors (Lipinski definition) is 0. The van der Waals surface area contributed by atoms with E-state index < -0.39 is 5.79 Å². The molecule has 0 saturated carbocycles. The van der Waals surface area contributed by atoms with Crippen LogP contribution in [0.25, 0.3) is 6.08 Å². The van der Waals surface area contributed by atoms with Crippen LogP contribution in [-0.2, 0) is 26.5 Å². The molecule has 0 N–H and O–H groups in total. The molecule has 4 rings (SSSR count). The highest BCUT2D eigenvalue weighted by Crippen LogP contribution is 2.40. The van der Waals surface area contributed by atoms with Crippen LogP contribution in [0.4, 0.5) is 0 Å². The minimum Gasteiger partial charge on any atom is -0.375 e. The van der Waals surface area contributed by atoms with Crippen molar-refractivity contribution in [1.82, 2.24) is 14.8 Å². The largest absolute Gasteiger partial charge is 0.375 e. The van der Waals surface area contributed by atoms with Crippen LogP contribution in [0.1, 0.15) is 11.1 Å². The molecular formula is C22H21Cl2N3O3. The second-order valence-corrected chi connectivity index (χ2v) is 7.72. The van der Waals surface area contributed by atoms with E-state index in [-0.39, 0.29) is 6.10 Å². The van der Waals surface area contributed by atoms with Crippen molar-refractivity contribution in [2.75, 3.05) is 19.8 Å². The topological polar surface area (TPSA) is 58.4 Å². The number of ether oxygens (including phenoxy) is 3. The molecule has 156 valence electrons. The minimum atomic E-state index is -1.09. The van der Waals surface area contributed by atoms with Crippen LogP contribution in [0, 0.1) is 0 Å². The van der Waals surface area contributed by atoms with Crippen molar-refractivity contribution < 1.29 is 14.2 Å². The van der Waals surface area contributed by atoms with E-state index in [2.05, 4.69) is 10.1 Å². The van der Waals surface area contributed by atoms with Gasteiger partial charge in [0.25, 0.3) is 0 Å². The Labute approximate surface area is 185 Å². The van der Waals surface area contributed by atoms with Crippen LogP contribution in [0.5, 0.6) is 0 Å². The van der Waals surface area contributed by atoms with Crippen molar-refractivity contribution in [2.45, 2.75) is 18.4 Å². The molecule has 0 aliphatic carbocycles. The first-order chi connectivity index (χ1) is 14.6. The standard InChI is InChI=1S/C22H21Cl2N3O3/c23-18-8-9-20(21(24)11-18)22(14-27-16-25-15-26-27)29-13-19(30-22)12-28-10-4-7-17-5-2-1-3-6-17/h1-9,11,15-16,19H,10,12-14H2/b7-4-. The summed E-state index contributed by atoms with van der Waals surface area (Å²) < 4.78 is 19.9. The number of rotatable bonds is 8. The quantitative estimate of drug-likeness (QED) is 0.474. The van der Waals surface area contributed by atoms with Crippen LogP contribution >= 0.6 is 23.2 Å². The van der Waals surface area contributed by atoms with Gasteiger partial charge in [0.15, 0.2) is 0 Å².